The number of nitrogens with one attached hydrogen (secondary N) is 1. The van der Waals surface area contributed by atoms with Crippen LogP contribution < -0.4 is 5.32 Å². The molecule has 6 heteroatoms. The molecule has 1 saturated heterocycles. The van der Waals surface area contributed by atoms with Gasteiger partial charge in [-0.1, -0.05) is 42.5 Å². The van der Waals surface area contributed by atoms with E-state index in [1.807, 2.05) is 37.3 Å². The minimum absolute atomic E-state index is 0.0243. The summed E-state index contributed by atoms with van der Waals surface area (Å²) in [5.74, 6) is 0.0401. The molecule has 1 aliphatic heterocycles. The maximum atomic E-state index is 12.9. The smallest absolute Gasteiger partial charge is 0.223 e. The number of carbonyl (C=O) groups excluding carboxylic acids is 1. The molecule has 0 aliphatic carbocycles. The van der Waals surface area contributed by atoms with E-state index in [1.165, 1.54) is 16.7 Å². The summed E-state index contributed by atoms with van der Waals surface area (Å²) in [5, 5.41) is 3.15. The molecular weight excluding hydrogens is 420 g/mol. The predicted molar refractivity (Wildman–Crippen MR) is 130 cm³/mol. The quantitative estimate of drug-likeness (QED) is 0.638. The summed E-state index contributed by atoms with van der Waals surface area (Å²) >= 11 is 0. The van der Waals surface area contributed by atoms with Crippen molar-refractivity contribution in [1.29, 1.82) is 0 Å². The highest BCUT2D eigenvalue weighted by Gasteiger charge is 2.31. The molecule has 2 aromatic rings. The summed E-state index contributed by atoms with van der Waals surface area (Å²) in [5.41, 5.74) is 5.95. The van der Waals surface area contributed by atoms with E-state index in [9.17, 15) is 13.2 Å². The lowest BCUT2D eigenvalue weighted by atomic mass is 9.94. The van der Waals surface area contributed by atoms with Crippen LogP contribution in [-0.2, 0) is 21.2 Å². The van der Waals surface area contributed by atoms with Gasteiger partial charge < -0.3 is 5.32 Å². The molecule has 1 heterocycles. The van der Waals surface area contributed by atoms with Crippen LogP contribution in [0.1, 0.15) is 60.0 Å². The van der Waals surface area contributed by atoms with Gasteiger partial charge in [0.2, 0.25) is 15.9 Å². The van der Waals surface area contributed by atoms with Gasteiger partial charge in [-0.2, -0.15) is 0 Å². The van der Waals surface area contributed by atoms with Crippen LogP contribution >= 0.6 is 0 Å². The molecule has 0 radical (unpaired) electrons. The maximum Gasteiger partial charge on any atom is 0.223 e. The van der Waals surface area contributed by atoms with Crippen LogP contribution in [0.4, 0.5) is 0 Å². The van der Waals surface area contributed by atoms with E-state index in [-0.39, 0.29) is 23.6 Å². The molecule has 0 aromatic heterocycles. The Morgan fingerprint density at radius 1 is 1.03 bits per heavy atom. The van der Waals surface area contributed by atoms with Crippen molar-refractivity contribution in [3.05, 3.63) is 70.3 Å². The highest BCUT2D eigenvalue weighted by atomic mass is 32.2. The van der Waals surface area contributed by atoms with Crippen molar-refractivity contribution in [3.63, 3.8) is 0 Å². The van der Waals surface area contributed by atoms with Crippen LogP contribution in [0, 0.1) is 26.7 Å². The Hall–Kier alpha value is -2.18. The van der Waals surface area contributed by atoms with Gasteiger partial charge in [0.05, 0.1) is 11.8 Å². The largest absolute Gasteiger partial charge is 0.349 e. The lowest BCUT2D eigenvalue weighted by Gasteiger charge is -2.31. The Morgan fingerprint density at radius 2 is 1.66 bits per heavy atom. The van der Waals surface area contributed by atoms with Gasteiger partial charge in [0.15, 0.2) is 0 Å². The molecule has 1 N–H and O–H groups in total. The third-order valence-electron chi connectivity index (χ3n) is 6.64. The Kier molecular flexibility index (Phi) is 8.12. The molecular formula is C26H36N2O3S. The van der Waals surface area contributed by atoms with E-state index in [0.29, 0.717) is 32.4 Å². The second-order valence-electron chi connectivity index (χ2n) is 9.10. The van der Waals surface area contributed by atoms with Crippen LogP contribution in [0.15, 0.2) is 42.5 Å². The number of amides is 1. The first-order valence-electron chi connectivity index (χ1n) is 11.6. The highest BCUT2D eigenvalue weighted by molar-refractivity contribution is 7.89. The number of aryl methyl sites for hydroxylation is 4. The summed E-state index contributed by atoms with van der Waals surface area (Å²) in [6.07, 6.45) is 2.51. The summed E-state index contributed by atoms with van der Waals surface area (Å²) in [6.45, 7) is 9.11. The van der Waals surface area contributed by atoms with E-state index >= 15 is 0 Å². The lowest BCUT2D eigenvalue weighted by Crippen LogP contribution is -2.44. The van der Waals surface area contributed by atoms with Crippen molar-refractivity contribution in [3.8, 4) is 0 Å². The van der Waals surface area contributed by atoms with Crippen LogP contribution in [-0.4, -0.2) is 37.5 Å². The molecule has 5 nitrogen and oxygen atoms in total. The van der Waals surface area contributed by atoms with Gasteiger partial charge in [0, 0.05) is 19.0 Å². The molecule has 2 aromatic carbocycles. The highest BCUT2D eigenvalue weighted by Crippen LogP contribution is 2.25. The fourth-order valence-corrected chi connectivity index (χ4v) is 6.02. The van der Waals surface area contributed by atoms with E-state index in [4.69, 9.17) is 0 Å². The summed E-state index contributed by atoms with van der Waals surface area (Å²) in [7, 11) is -3.28. The van der Waals surface area contributed by atoms with Crippen molar-refractivity contribution in [1.82, 2.24) is 9.62 Å². The zero-order valence-corrected chi connectivity index (χ0v) is 20.5. The minimum atomic E-state index is -3.28. The number of rotatable bonds is 8. The first-order chi connectivity index (χ1) is 15.2. The standard InChI is InChI=1S/C26H36N2O3S/c1-19-17-21(3)25(18-20(19)2)22(4)27-26(29)24-12-14-28(15-13-24)32(30,31)16-8-11-23-9-6-5-7-10-23/h5-7,9-10,17-18,22,24H,8,11-16H2,1-4H3,(H,27,29). The molecule has 174 valence electrons. The SMILES string of the molecule is Cc1cc(C)c(C(C)NC(=O)C2CCN(S(=O)(=O)CCCc3ccccc3)CC2)cc1C. The van der Waals surface area contributed by atoms with Crippen LogP contribution in [0.3, 0.4) is 0 Å². The number of hydrogen-bond donors (Lipinski definition) is 1. The van der Waals surface area contributed by atoms with Gasteiger partial charge >= 0.3 is 0 Å². The average molecular weight is 457 g/mol. The average Bonchev–Trinajstić information content (AvgIpc) is 2.77. The van der Waals surface area contributed by atoms with Gasteiger partial charge in [0.1, 0.15) is 0 Å². The zero-order valence-electron chi connectivity index (χ0n) is 19.7. The van der Waals surface area contributed by atoms with Crippen molar-refractivity contribution >= 4 is 15.9 Å². The number of piperidine rings is 1. The molecule has 0 saturated carbocycles. The van der Waals surface area contributed by atoms with Crippen LogP contribution in [0.2, 0.25) is 0 Å². The van der Waals surface area contributed by atoms with Crippen molar-refractivity contribution in [2.45, 2.75) is 59.4 Å². The lowest BCUT2D eigenvalue weighted by molar-refractivity contribution is -0.126. The van der Waals surface area contributed by atoms with Crippen molar-refractivity contribution < 1.29 is 13.2 Å². The number of benzene rings is 2. The first kappa shape index (κ1) is 24.5. The summed E-state index contributed by atoms with van der Waals surface area (Å²) in [4.78, 5) is 12.9. The van der Waals surface area contributed by atoms with Gasteiger partial charge in [-0.25, -0.2) is 12.7 Å². The molecule has 0 spiro atoms. The fraction of sp³-hybridized carbons (Fsp3) is 0.500. The Balaban J connectivity index is 1.49. The van der Waals surface area contributed by atoms with Crippen LogP contribution in [0.25, 0.3) is 0 Å². The molecule has 3 rings (SSSR count). The molecule has 1 fully saturated rings. The monoisotopic (exact) mass is 456 g/mol. The number of carbonyl (C=O) groups is 1. The first-order valence-corrected chi connectivity index (χ1v) is 13.2. The minimum Gasteiger partial charge on any atom is -0.349 e. The molecule has 1 amide bonds. The molecule has 1 unspecified atom stereocenters. The van der Waals surface area contributed by atoms with Gasteiger partial charge in [-0.15, -0.1) is 0 Å². The van der Waals surface area contributed by atoms with E-state index in [2.05, 4.69) is 38.2 Å². The second-order valence-corrected chi connectivity index (χ2v) is 11.2. The number of nitrogens with zero attached hydrogens (tertiary/aromatic N) is 1. The number of sulfonamides is 1. The van der Waals surface area contributed by atoms with E-state index in [0.717, 1.165) is 17.5 Å². The van der Waals surface area contributed by atoms with Crippen molar-refractivity contribution in [2.24, 2.45) is 5.92 Å². The normalized spacial score (nSPS) is 16.6. The maximum absolute atomic E-state index is 12.9. The third-order valence-corrected chi connectivity index (χ3v) is 8.59. The molecule has 0 bridgehead atoms. The summed E-state index contributed by atoms with van der Waals surface area (Å²) < 4.78 is 27.0. The second kappa shape index (κ2) is 10.6. The van der Waals surface area contributed by atoms with Crippen LogP contribution in [0.5, 0.6) is 0 Å². The van der Waals surface area contributed by atoms with Gasteiger partial charge in [0.25, 0.3) is 0 Å². The van der Waals surface area contributed by atoms with Crippen molar-refractivity contribution in [2.75, 3.05) is 18.8 Å². The fourth-order valence-electron chi connectivity index (χ4n) is 4.49. The summed E-state index contributed by atoms with van der Waals surface area (Å²) in [6, 6.07) is 14.2. The topological polar surface area (TPSA) is 66.5 Å². The third kappa shape index (κ3) is 6.20. The zero-order chi connectivity index (χ0) is 23.3. The Labute approximate surface area is 193 Å². The molecule has 1 aliphatic rings. The van der Waals surface area contributed by atoms with Gasteiger partial charge in [-0.3, -0.25) is 4.79 Å². The Bertz CT molecular complexity index is 1030. The van der Waals surface area contributed by atoms with E-state index in [1.54, 1.807) is 4.31 Å². The van der Waals surface area contributed by atoms with Gasteiger partial charge in [-0.05, 0) is 81.2 Å². The Morgan fingerprint density at radius 3 is 2.31 bits per heavy atom. The molecule has 32 heavy (non-hydrogen) atoms. The van der Waals surface area contributed by atoms with E-state index < -0.39 is 10.0 Å². The molecule has 1 atom stereocenters. The predicted octanol–water partition coefficient (Wildman–Crippen LogP) is 4.46. The number of hydrogen-bond acceptors (Lipinski definition) is 3.